The van der Waals surface area contributed by atoms with Crippen molar-refractivity contribution in [3.63, 3.8) is 0 Å². The Hall–Kier alpha value is -2.58. The van der Waals surface area contributed by atoms with E-state index >= 15 is 0 Å². The van der Waals surface area contributed by atoms with Crippen LogP contribution in [0.2, 0.25) is 0 Å². The first-order valence-corrected chi connectivity index (χ1v) is 9.05. The van der Waals surface area contributed by atoms with Gasteiger partial charge in [0.25, 0.3) is 5.91 Å². The number of aromatic nitrogens is 2. The number of nitrogens with one attached hydrogen (secondary N) is 2. The van der Waals surface area contributed by atoms with E-state index in [0.29, 0.717) is 44.5 Å². The second-order valence-electron chi connectivity index (χ2n) is 7.04. The molecule has 1 aromatic heterocycles. The third kappa shape index (κ3) is 4.14. The monoisotopic (exact) mass is 363 g/mol. The van der Waals surface area contributed by atoms with Crippen molar-refractivity contribution in [2.75, 3.05) is 11.4 Å². The normalized spacial score (nSPS) is 26.4. The molecule has 0 radical (unpaired) electrons. The number of nitrogens with zero attached hydrogens (tertiary/aromatic N) is 3. The van der Waals surface area contributed by atoms with Gasteiger partial charge in [-0.15, -0.1) is 0 Å². The molecule has 0 spiro atoms. The Morgan fingerprint density at radius 3 is 2.54 bits per heavy atom. The minimum absolute atomic E-state index is 0.0452. The van der Waals surface area contributed by atoms with E-state index in [0.717, 1.165) is 6.42 Å². The fourth-order valence-corrected chi connectivity index (χ4v) is 3.65. The van der Waals surface area contributed by atoms with E-state index in [1.165, 1.54) is 0 Å². The van der Waals surface area contributed by atoms with Crippen molar-refractivity contribution in [3.05, 3.63) is 12.3 Å². The van der Waals surface area contributed by atoms with Gasteiger partial charge >= 0.3 is 12.0 Å². The van der Waals surface area contributed by atoms with Gasteiger partial charge in [0, 0.05) is 31.9 Å². The van der Waals surface area contributed by atoms with Crippen LogP contribution < -0.4 is 15.5 Å². The Balaban J connectivity index is 1.51. The third-order valence-corrected chi connectivity index (χ3v) is 5.13. The summed E-state index contributed by atoms with van der Waals surface area (Å²) in [6.45, 7) is 0.592. The van der Waals surface area contributed by atoms with E-state index in [-0.39, 0.29) is 23.9 Å². The molecule has 1 unspecified atom stereocenters. The second-order valence-corrected chi connectivity index (χ2v) is 7.04. The van der Waals surface area contributed by atoms with Crippen molar-refractivity contribution in [2.24, 2.45) is 13.0 Å². The fraction of sp³-hybridized carbons (Fsp3) is 0.647. The molecule has 9 heteroatoms. The molecule has 2 fully saturated rings. The highest BCUT2D eigenvalue weighted by molar-refractivity contribution is 5.99. The van der Waals surface area contributed by atoms with Gasteiger partial charge in [0.1, 0.15) is 6.04 Å². The lowest BCUT2D eigenvalue weighted by molar-refractivity contribution is -0.142. The number of aliphatic carboxylic acids is 1. The van der Waals surface area contributed by atoms with Crippen LogP contribution in [-0.2, 0) is 16.6 Å². The summed E-state index contributed by atoms with van der Waals surface area (Å²) in [5.41, 5.74) is 0. The number of piperidine rings is 1. The predicted octanol–water partition coefficient (Wildman–Crippen LogP) is 0.858. The van der Waals surface area contributed by atoms with E-state index in [1.807, 2.05) is 0 Å². The van der Waals surface area contributed by atoms with Crippen LogP contribution in [0.5, 0.6) is 0 Å². The summed E-state index contributed by atoms with van der Waals surface area (Å²) < 4.78 is 1.64. The predicted molar refractivity (Wildman–Crippen MR) is 93.6 cm³/mol. The van der Waals surface area contributed by atoms with Crippen molar-refractivity contribution < 1.29 is 19.5 Å². The van der Waals surface area contributed by atoms with Gasteiger partial charge in [-0.3, -0.25) is 19.2 Å². The SMILES string of the molecule is Cn1ccc(N2CCCC(NC(=O)NC3CCC(C(=O)O)CC3)C2=O)n1. The minimum Gasteiger partial charge on any atom is -0.481 e. The van der Waals surface area contributed by atoms with E-state index in [9.17, 15) is 14.4 Å². The standard InChI is InChI=1S/C17H25N5O4/c1-21-10-8-14(20-21)22-9-2-3-13(15(22)23)19-17(26)18-12-6-4-11(5-7-12)16(24)25/h8,10-13H,2-7,9H2,1H3,(H,24,25)(H2,18,19,26). The average molecular weight is 363 g/mol. The number of urea groups is 1. The molecule has 0 bridgehead atoms. The molecule has 0 aromatic carbocycles. The van der Waals surface area contributed by atoms with Crippen LogP contribution in [0.3, 0.4) is 0 Å². The van der Waals surface area contributed by atoms with Crippen molar-refractivity contribution in [3.8, 4) is 0 Å². The molecule has 2 aliphatic rings. The minimum atomic E-state index is -0.768. The van der Waals surface area contributed by atoms with Crippen molar-refractivity contribution in [2.45, 2.75) is 50.6 Å². The van der Waals surface area contributed by atoms with Crippen molar-refractivity contribution >= 4 is 23.7 Å². The average Bonchev–Trinajstić information content (AvgIpc) is 3.03. The molecular formula is C17H25N5O4. The summed E-state index contributed by atoms with van der Waals surface area (Å²) in [6.07, 6.45) is 5.58. The maximum atomic E-state index is 12.6. The summed E-state index contributed by atoms with van der Waals surface area (Å²) in [6, 6.07) is 0.795. The molecule has 2 heterocycles. The highest BCUT2D eigenvalue weighted by Crippen LogP contribution is 2.24. The highest BCUT2D eigenvalue weighted by atomic mass is 16.4. The van der Waals surface area contributed by atoms with Crippen LogP contribution in [0.1, 0.15) is 38.5 Å². The summed E-state index contributed by atoms with van der Waals surface area (Å²) in [7, 11) is 1.79. The summed E-state index contributed by atoms with van der Waals surface area (Å²) >= 11 is 0. The van der Waals surface area contributed by atoms with Crippen molar-refractivity contribution in [1.29, 1.82) is 0 Å². The smallest absolute Gasteiger partial charge is 0.315 e. The van der Waals surface area contributed by atoms with E-state index in [2.05, 4.69) is 15.7 Å². The van der Waals surface area contributed by atoms with Gasteiger partial charge in [0.15, 0.2) is 5.82 Å². The number of hydrogen-bond donors (Lipinski definition) is 3. The molecular weight excluding hydrogens is 338 g/mol. The number of carbonyl (C=O) groups is 3. The number of aryl methyl sites for hydroxylation is 1. The first-order chi connectivity index (χ1) is 12.4. The molecule has 1 aromatic rings. The Bertz CT molecular complexity index is 680. The van der Waals surface area contributed by atoms with Crippen LogP contribution in [0.4, 0.5) is 10.6 Å². The van der Waals surface area contributed by atoms with Crippen LogP contribution in [0, 0.1) is 5.92 Å². The van der Waals surface area contributed by atoms with Gasteiger partial charge in [-0.05, 0) is 38.5 Å². The first-order valence-electron chi connectivity index (χ1n) is 9.05. The van der Waals surface area contributed by atoms with Gasteiger partial charge in [0.05, 0.1) is 5.92 Å². The van der Waals surface area contributed by atoms with Gasteiger partial charge in [-0.2, -0.15) is 5.10 Å². The summed E-state index contributed by atoms with van der Waals surface area (Å²) in [5.74, 6) is -0.644. The highest BCUT2D eigenvalue weighted by Gasteiger charge is 2.33. The topological polar surface area (TPSA) is 117 Å². The number of rotatable bonds is 4. The van der Waals surface area contributed by atoms with Crippen LogP contribution in [0.25, 0.3) is 0 Å². The number of carboxylic acids is 1. The largest absolute Gasteiger partial charge is 0.481 e. The number of carbonyl (C=O) groups excluding carboxylic acids is 2. The Kier molecular flexibility index (Phi) is 5.43. The molecule has 9 nitrogen and oxygen atoms in total. The van der Waals surface area contributed by atoms with E-state index < -0.39 is 12.0 Å². The van der Waals surface area contributed by atoms with Gasteiger partial charge in [0.2, 0.25) is 0 Å². The molecule has 1 saturated heterocycles. The van der Waals surface area contributed by atoms with Gasteiger partial charge < -0.3 is 15.7 Å². The maximum Gasteiger partial charge on any atom is 0.315 e. The first kappa shape index (κ1) is 18.2. The van der Waals surface area contributed by atoms with E-state index in [4.69, 9.17) is 5.11 Å². The Morgan fingerprint density at radius 2 is 1.92 bits per heavy atom. The third-order valence-electron chi connectivity index (χ3n) is 5.13. The zero-order valence-electron chi connectivity index (χ0n) is 14.9. The Morgan fingerprint density at radius 1 is 1.19 bits per heavy atom. The molecule has 26 heavy (non-hydrogen) atoms. The molecule has 1 aliphatic heterocycles. The molecule has 3 N–H and O–H groups in total. The zero-order chi connectivity index (χ0) is 18.7. The summed E-state index contributed by atoms with van der Waals surface area (Å²) in [5, 5.41) is 18.9. The van der Waals surface area contributed by atoms with Gasteiger partial charge in [-0.1, -0.05) is 0 Å². The maximum absolute atomic E-state index is 12.6. The number of anilines is 1. The lowest BCUT2D eigenvalue weighted by atomic mass is 9.86. The molecule has 3 rings (SSSR count). The fourth-order valence-electron chi connectivity index (χ4n) is 3.65. The lowest BCUT2D eigenvalue weighted by Crippen LogP contribution is -2.56. The molecule has 1 saturated carbocycles. The van der Waals surface area contributed by atoms with Crippen LogP contribution >= 0.6 is 0 Å². The van der Waals surface area contributed by atoms with Crippen LogP contribution in [0.15, 0.2) is 12.3 Å². The van der Waals surface area contributed by atoms with Gasteiger partial charge in [-0.25, -0.2) is 4.79 Å². The molecule has 3 amide bonds. The molecule has 142 valence electrons. The van der Waals surface area contributed by atoms with E-state index in [1.54, 1.807) is 28.9 Å². The zero-order valence-corrected chi connectivity index (χ0v) is 14.9. The molecule has 1 atom stereocenters. The lowest BCUT2D eigenvalue weighted by Gasteiger charge is -2.32. The molecule has 1 aliphatic carbocycles. The van der Waals surface area contributed by atoms with Crippen molar-refractivity contribution in [1.82, 2.24) is 20.4 Å². The quantitative estimate of drug-likeness (QED) is 0.733. The number of hydrogen-bond acceptors (Lipinski definition) is 4. The Labute approximate surface area is 151 Å². The summed E-state index contributed by atoms with van der Waals surface area (Å²) in [4.78, 5) is 37.5. The van der Waals surface area contributed by atoms with Crippen LogP contribution in [-0.4, -0.2) is 51.4 Å². The number of carboxylic acid groups (broad SMARTS) is 1. The second kappa shape index (κ2) is 7.76. The number of amides is 3.